The lowest BCUT2D eigenvalue weighted by atomic mass is 10.0. The standard InChI is InChI=1S/C24H25F3N4O3S2/c1-34-20-8-6-18(25)16(17(20)11-31-14-2-3-15(31)5-4-14)10-28-19-7-9-21(24(27)23(19)26)36(32,33)30-22-12-35-13-29-22/h6-9,12-15,28,30H,2-5,10-11H2,1H3. The minimum absolute atomic E-state index is 0.00878. The normalized spacial score (nSPS) is 19.6. The summed E-state index contributed by atoms with van der Waals surface area (Å²) in [6, 6.07) is 5.85. The largest absolute Gasteiger partial charge is 0.496 e. The molecule has 2 aliphatic heterocycles. The molecule has 3 aromatic rings. The lowest BCUT2D eigenvalue weighted by Crippen LogP contribution is -2.29. The van der Waals surface area contributed by atoms with E-state index < -0.39 is 32.4 Å². The van der Waals surface area contributed by atoms with Gasteiger partial charge in [0.15, 0.2) is 17.5 Å². The van der Waals surface area contributed by atoms with Gasteiger partial charge in [-0.15, -0.1) is 11.3 Å². The number of ether oxygens (including phenoxy) is 1. The molecule has 2 N–H and O–H groups in total. The van der Waals surface area contributed by atoms with Crippen molar-refractivity contribution in [3.05, 3.63) is 63.7 Å². The molecule has 2 aromatic carbocycles. The third-order valence-electron chi connectivity index (χ3n) is 6.96. The Morgan fingerprint density at radius 1 is 1.06 bits per heavy atom. The third kappa shape index (κ3) is 4.64. The second-order valence-corrected chi connectivity index (χ2v) is 11.3. The van der Waals surface area contributed by atoms with Gasteiger partial charge in [-0.25, -0.2) is 26.6 Å². The molecule has 0 unspecified atom stereocenters. The number of anilines is 2. The van der Waals surface area contributed by atoms with E-state index in [1.54, 1.807) is 6.07 Å². The third-order valence-corrected chi connectivity index (χ3v) is 8.92. The average Bonchev–Trinajstić information content (AvgIpc) is 3.59. The summed E-state index contributed by atoms with van der Waals surface area (Å²) in [5.41, 5.74) is 2.08. The van der Waals surface area contributed by atoms with Crippen LogP contribution >= 0.6 is 11.3 Å². The molecule has 0 spiro atoms. The predicted molar refractivity (Wildman–Crippen MR) is 131 cm³/mol. The summed E-state index contributed by atoms with van der Waals surface area (Å²) >= 11 is 1.15. The molecule has 2 aliphatic rings. The molecule has 3 heterocycles. The van der Waals surface area contributed by atoms with E-state index in [-0.39, 0.29) is 18.1 Å². The Kier molecular flexibility index (Phi) is 6.84. The number of hydrogen-bond acceptors (Lipinski definition) is 7. The first kappa shape index (κ1) is 24.8. The van der Waals surface area contributed by atoms with Crippen LogP contribution in [0.4, 0.5) is 24.7 Å². The topological polar surface area (TPSA) is 83.6 Å². The molecule has 2 fully saturated rings. The molecule has 12 heteroatoms. The van der Waals surface area contributed by atoms with E-state index in [4.69, 9.17) is 4.74 Å². The van der Waals surface area contributed by atoms with Gasteiger partial charge in [0.1, 0.15) is 16.5 Å². The molecule has 1 aromatic heterocycles. The van der Waals surface area contributed by atoms with Gasteiger partial charge in [-0.2, -0.15) is 0 Å². The van der Waals surface area contributed by atoms with Crippen molar-refractivity contribution >= 4 is 32.9 Å². The van der Waals surface area contributed by atoms with Gasteiger partial charge < -0.3 is 10.1 Å². The zero-order chi connectivity index (χ0) is 25.4. The van der Waals surface area contributed by atoms with Crippen molar-refractivity contribution in [3.8, 4) is 5.75 Å². The second-order valence-electron chi connectivity index (χ2n) is 8.91. The first-order chi connectivity index (χ1) is 17.3. The maximum Gasteiger partial charge on any atom is 0.266 e. The van der Waals surface area contributed by atoms with Gasteiger partial charge in [0.25, 0.3) is 10.0 Å². The van der Waals surface area contributed by atoms with Crippen molar-refractivity contribution in [1.82, 2.24) is 9.88 Å². The minimum Gasteiger partial charge on any atom is -0.496 e. The number of nitrogens with one attached hydrogen (secondary N) is 2. The van der Waals surface area contributed by atoms with Gasteiger partial charge in [-0.05, 0) is 49.9 Å². The van der Waals surface area contributed by atoms with Crippen LogP contribution in [-0.2, 0) is 23.1 Å². The highest BCUT2D eigenvalue weighted by Gasteiger charge is 2.39. The summed E-state index contributed by atoms with van der Waals surface area (Å²) in [5, 5.41) is 4.16. The summed E-state index contributed by atoms with van der Waals surface area (Å²) in [7, 11) is -2.88. The highest BCUT2D eigenvalue weighted by molar-refractivity contribution is 7.92. The smallest absolute Gasteiger partial charge is 0.266 e. The predicted octanol–water partition coefficient (Wildman–Crippen LogP) is 5.11. The number of thiazole rings is 1. The van der Waals surface area contributed by atoms with Crippen LogP contribution in [-0.4, -0.2) is 37.5 Å². The van der Waals surface area contributed by atoms with Crippen LogP contribution in [0.15, 0.2) is 40.1 Å². The first-order valence-corrected chi connectivity index (χ1v) is 13.9. The van der Waals surface area contributed by atoms with E-state index in [0.29, 0.717) is 35.5 Å². The molecule has 7 nitrogen and oxygen atoms in total. The Balaban J connectivity index is 1.39. The molecular formula is C24H25F3N4O3S2. The van der Waals surface area contributed by atoms with Crippen molar-refractivity contribution in [1.29, 1.82) is 0 Å². The van der Waals surface area contributed by atoms with Crippen molar-refractivity contribution in [3.63, 3.8) is 0 Å². The Bertz CT molecular complexity index is 1350. The average molecular weight is 539 g/mol. The van der Waals surface area contributed by atoms with Crippen LogP contribution in [0, 0.1) is 17.5 Å². The SMILES string of the molecule is COc1ccc(F)c(CNc2ccc(S(=O)(=O)Nc3cscn3)c(F)c2F)c1CN1C2CCC1CC2. The van der Waals surface area contributed by atoms with Gasteiger partial charge in [-0.3, -0.25) is 9.62 Å². The van der Waals surface area contributed by atoms with Gasteiger partial charge in [0, 0.05) is 41.7 Å². The molecule has 0 amide bonds. The fraction of sp³-hybridized carbons (Fsp3) is 0.375. The summed E-state index contributed by atoms with van der Waals surface area (Å²) < 4.78 is 77.3. The van der Waals surface area contributed by atoms with Gasteiger partial charge in [-0.1, -0.05) is 0 Å². The number of rotatable bonds is 9. The molecule has 0 radical (unpaired) electrons. The van der Waals surface area contributed by atoms with E-state index in [2.05, 4.69) is 19.9 Å². The van der Waals surface area contributed by atoms with Crippen molar-refractivity contribution in [2.45, 2.75) is 55.8 Å². The summed E-state index contributed by atoms with van der Waals surface area (Å²) in [6.45, 7) is 0.366. The molecule has 2 saturated heterocycles. The summed E-state index contributed by atoms with van der Waals surface area (Å²) in [6.07, 6.45) is 4.47. The van der Waals surface area contributed by atoms with Crippen molar-refractivity contribution in [2.75, 3.05) is 17.1 Å². The van der Waals surface area contributed by atoms with Crippen LogP contribution < -0.4 is 14.8 Å². The van der Waals surface area contributed by atoms with Crippen LogP contribution in [0.2, 0.25) is 0 Å². The number of sulfonamides is 1. The molecule has 2 bridgehead atoms. The van der Waals surface area contributed by atoms with Gasteiger partial charge in [0.05, 0.1) is 18.3 Å². The van der Waals surface area contributed by atoms with Crippen LogP contribution in [0.25, 0.3) is 0 Å². The quantitative estimate of drug-likeness (QED) is 0.394. The van der Waals surface area contributed by atoms with Crippen LogP contribution in [0.5, 0.6) is 5.75 Å². The second kappa shape index (κ2) is 9.91. The van der Waals surface area contributed by atoms with E-state index in [1.165, 1.54) is 24.1 Å². The van der Waals surface area contributed by atoms with Gasteiger partial charge >= 0.3 is 0 Å². The molecule has 0 aliphatic carbocycles. The zero-order valence-electron chi connectivity index (χ0n) is 19.4. The number of fused-ring (bicyclic) bond motifs is 2. The Labute approximate surface area is 211 Å². The van der Waals surface area contributed by atoms with Gasteiger partial charge in [0.2, 0.25) is 0 Å². The number of hydrogen-bond donors (Lipinski definition) is 2. The maximum absolute atomic E-state index is 15.0. The fourth-order valence-corrected chi connectivity index (χ4v) is 6.80. The maximum atomic E-state index is 15.0. The molecule has 192 valence electrons. The number of nitrogens with zero attached hydrogens (tertiary/aromatic N) is 2. The summed E-state index contributed by atoms with van der Waals surface area (Å²) in [4.78, 5) is 5.31. The zero-order valence-corrected chi connectivity index (χ0v) is 21.1. The van der Waals surface area contributed by atoms with E-state index in [1.807, 2.05) is 0 Å². The molecule has 5 rings (SSSR count). The molecule has 0 saturated carbocycles. The highest BCUT2D eigenvalue weighted by atomic mass is 32.2. The Hall–Kier alpha value is -2.83. The monoisotopic (exact) mass is 538 g/mol. The van der Waals surface area contributed by atoms with E-state index in [0.717, 1.165) is 49.2 Å². The molecular weight excluding hydrogens is 513 g/mol. The lowest BCUT2D eigenvalue weighted by molar-refractivity contribution is 0.238. The number of halogens is 3. The Morgan fingerprint density at radius 2 is 1.78 bits per heavy atom. The van der Waals surface area contributed by atoms with Crippen molar-refractivity contribution < 1.29 is 26.3 Å². The van der Waals surface area contributed by atoms with Crippen molar-refractivity contribution in [2.24, 2.45) is 0 Å². The lowest BCUT2D eigenvalue weighted by Gasteiger charge is -2.25. The van der Waals surface area contributed by atoms with Crippen LogP contribution in [0.3, 0.4) is 0 Å². The van der Waals surface area contributed by atoms with E-state index in [9.17, 15) is 21.6 Å². The number of aromatic nitrogens is 1. The van der Waals surface area contributed by atoms with E-state index >= 15 is 0 Å². The number of methoxy groups -OCH3 is 1. The molecule has 0 atom stereocenters. The number of benzene rings is 2. The fourth-order valence-electron chi connectivity index (χ4n) is 5.17. The molecule has 36 heavy (non-hydrogen) atoms. The minimum atomic E-state index is -4.39. The first-order valence-electron chi connectivity index (χ1n) is 11.5. The summed E-state index contributed by atoms with van der Waals surface area (Å²) in [5.74, 6) is -2.87. The Morgan fingerprint density at radius 3 is 2.42 bits per heavy atom. The van der Waals surface area contributed by atoms with Crippen LogP contribution in [0.1, 0.15) is 36.8 Å². The highest BCUT2D eigenvalue weighted by Crippen LogP contribution is 2.40.